The van der Waals surface area contributed by atoms with Crippen molar-refractivity contribution in [1.29, 1.82) is 0 Å². The number of phenols is 1. The summed E-state index contributed by atoms with van der Waals surface area (Å²) in [7, 11) is 0. The highest BCUT2D eigenvalue weighted by atomic mass is 35.5. The zero-order chi connectivity index (χ0) is 21.6. The van der Waals surface area contributed by atoms with Crippen LogP contribution in [-0.2, 0) is 22.7 Å². The number of pyridine rings is 2. The minimum atomic E-state index is -0.271. The van der Waals surface area contributed by atoms with Gasteiger partial charge < -0.3 is 40.6 Å². The van der Waals surface area contributed by atoms with Crippen molar-refractivity contribution in [3.05, 3.63) is 91.5 Å². The van der Waals surface area contributed by atoms with E-state index in [1.807, 2.05) is 42.5 Å². The van der Waals surface area contributed by atoms with Crippen LogP contribution in [0.3, 0.4) is 0 Å². The van der Waals surface area contributed by atoms with E-state index in [9.17, 15) is 14.7 Å². The minimum Gasteiger partial charge on any atom is -1.00 e. The summed E-state index contributed by atoms with van der Waals surface area (Å²) in [6, 6.07) is 19.9. The molecule has 4 aromatic rings. The summed E-state index contributed by atoms with van der Waals surface area (Å²) in [5.41, 5.74) is 0.762. The minimum absolute atomic E-state index is 0. The maximum atomic E-state index is 12.5. The Balaban J connectivity index is 0.00000193. The molecule has 2 heterocycles. The van der Waals surface area contributed by atoms with Crippen LogP contribution < -0.4 is 44.6 Å². The van der Waals surface area contributed by atoms with Crippen LogP contribution in [0.2, 0.25) is 0 Å². The lowest BCUT2D eigenvalue weighted by Crippen LogP contribution is -3.00. The van der Waals surface area contributed by atoms with E-state index in [1.54, 1.807) is 58.2 Å². The normalized spacial score (nSPS) is 9.94. The predicted molar refractivity (Wildman–Crippen MR) is 116 cm³/mol. The highest BCUT2D eigenvalue weighted by molar-refractivity contribution is 6.08. The van der Waals surface area contributed by atoms with Crippen LogP contribution in [0.1, 0.15) is 0 Å². The van der Waals surface area contributed by atoms with Crippen molar-refractivity contribution in [3.8, 4) is 5.75 Å². The second-order valence-electron chi connectivity index (χ2n) is 7.06. The SMILES string of the molecule is O=C(C[n+]1ccccc1)Nc1ccc2cccc(NC(=O)C[n+]3ccccc3)c2c1O.[Cl-].[Cl-]. The topological polar surface area (TPSA) is 86.2 Å². The van der Waals surface area contributed by atoms with Gasteiger partial charge in [-0.25, -0.2) is 0 Å². The summed E-state index contributed by atoms with van der Waals surface area (Å²) in [4.78, 5) is 24.9. The molecule has 0 unspecified atom stereocenters. The van der Waals surface area contributed by atoms with Gasteiger partial charge in [-0.15, -0.1) is 0 Å². The van der Waals surface area contributed by atoms with Gasteiger partial charge in [0.2, 0.25) is 13.1 Å². The van der Waals surface area contributed by atoms with E-state index < -0.39 is 0 Å². The van der Waals surface area contributed by atoms with Crippen LogP contribution >= 0.6 is 0 Å². The number of benzene rings is 2. The first-order chi connectivity index (χ1) is 15.1. The molecule has 0 saturated heterocycles. The van der Waals surface area contributed by atoms with Gasteiger partial charge in [-0.1, -0.05) is 30.3 Å². The van der Waals surface area contributed by atoms with Crippen LogP contribution in [0.25, 0.3) is 10.8 Å². The summed E-state index contributed by atoms with van der Waals surface area (Å²) in [5, 5.41) is 17.7. The number of fused-ring (bicyclic) bond motifs is 1. The molecule has 2 aromatic carbocycles. The molecule has 170 valence electrons. The first kappa shape index (κ1) is 25.6. The standard InChI is InChI=1S/C24H20N4O3.2ClH/c29-21(16-27-12-3-1-4-13-27)25-19-9-7-8-18-10-11-20(24(31)23(18)19)26-22(30)17-28-14-5-2-6-15-28;;/h1-15H,16-17H2,(H-2,25,26,29,30,31);2*1H. The third-order valence-corrected chi connectivity index (χ3v) is 4.77. The van der Waals surface area contributed by atoms with Crippen molar-refractivity contribution in [2.24, 2.45) is 0 Å². The Hall–Kier alpha value is -3.68. The maximum absolute atomic E-state index is 12.5. The summed E-state index contributed by atoms with van der Waals surface area (Å²) < 4.78 is 3.49. The molecule has 2 aromatic heterocycles. The van der Waals surface area contributed by atoms with E-state index in [1.165, 1.54) is 0 Å². The van der Waals surface area contributed by atoms with Gasteiger partial charge >= 0.3 is 0 Å². The molecule has 0 spiro atoms. The number of phenolic OH excluding ortho intramolecular Hbond substituents is 1. The fourth-order valence-corrected chi connectivity index (χ4v) is 3.36. The second kappa shape index (κ2) is 11.8. The van der Waals surface area contributed by atoms with Crippen LogP contribution in [0.4, 0.5) is 11.4 Å². The monoisotopic (exact) mass is 484 g/mol. The van der Waals surface area contributed by atoms with Crippen LogP contribution in [0.15, 0.2) is 91.5 Å². The van der Waals surface area contributed by atoms with Crippen LogP contribution in [0.5, 0.6) is 5.75 Å². The number of aromatic hydroxyl groups is 1. The first-order valence-electron chi connectivity index (χ1n) is 9.83. The third kappa shape index (κ3) is 6.41. The summed E-state index contributed by atoms with van der Waals surface area (Å²) in [6.07, 6.45) is 7.19. The van der Waals surface area contributed by atoms with Gasteiger partial charge in [-0.05, 0) is 17.5 Å². The van der Waals surface area contributed by atoms with Crippen LogP contribution in [0, 0.1) is 0 Å². The summed E-state index contributed by atoms with van der Waals surface area (Å²) in [6.45, 7) is 0.258. The van der Waals surface area contributed by atoms with E-state index in [0.29, 0.717) is 11.1 Å². The van der Waals surface area contributed by atoms with Crippen molar-refractivity contribution in [2.75, 3.05) is 10.6 Å². The lowest BCUT2D eigenvalue weighted by atomic mass is 10.1. The van der Waals surface area contributed by atoms with Gasteiger partial charge in [-0.2, -0.15) is 9.13 Å². The molecule has 4 rings (SSSR count). The molecular formula is C24H22Cl2N4O3. The highest BCUT2D eigenvalue weighted by Gasteiger charge is 2.17. The molecule has 0 radical (unpaired) electrons. The molecule has 2 amide bonds. The third-order valence-electron chi connectivity index (χ3n) is 4.77. The number of nitrogens with zero attached hydrogens (tertiary/aromatic N) is 2. The Morgan fingerprint density at radius 1 is 0.667 bits per heavy atom. The lowest BCUT2D eigenvalue weighted by Gasteiger charge is -2.13. The number of carbonyl (C=O) groups excluding carboxylic acids is 2. The molecule has 0 aliphatic carbocycles. The predicted octanol–water partition coefficient (Wildman–Crippen LogP) is -3.59. The Labute approximate surface area is 203 Å². The summed E-state index contributed by atoms with van der Waals surface area (Å²) >= 11 is 0. The number of anilines is 2. The Kier molecular flexibility index (Phi) is 9.15. The smallest absolute Gasteiger partial charge is 0.290 e. The Morgan fingerprint density at radius 2 is 1.18 bits per heavy atom. The highest BCUT2D eigenvalue weighted by Crippen LogP contribution is 2.37. The molecule has 0 aliphatic heterocycles. The van der Waals surface area contributed by atoms with Crippen molar-refractivity contribution in [3.63, 3.8) is 0 Å². The largest absolute Gasteiger partial charge is 1.00 e. The number of carbonyl (C=O) groups is 2. The van der Waals surface area contributed by atoms with Gasteiger partial charge in [0.1, 0.15) is 5.75 Å². The quantitative estimate of drug-likeness (QED) is 0.195. The second-order valence-corrected chi connectivity index (χ2v) is 7.06. The van der Waals surface area contributed by atoms with Gasteiger partial charge in [0, 0.05) is 29.7 Å². The molecule has 0 atom stereocenters. The van der Waals surface area contributed by atoms with E-state index in [0.717, 1.165) is 5.39 Å². The van der Waals surface area contributed by atoms with Crippen LogP contribution in [-0.4, -0.2) is 16.9 Å². The molecule has 0 aliphatic rings. The number of hydrogen-bond acceptors (Lipinski definition) is 3. The zero-order valence-corrected chi connectivity index (χ0v) is 19.0. The van der Waals surface area contributed by atoms with Gasteiger partial charge in [0.25, 0.3) is 11.8 Å². The van der Waals surface area contributed by atoms with E-state index in [2.05, 4.69) is 10.6 Å². The molecule has 0 fully saturated rings. The van der Waals surface area contributed by atoms with E-state index >= 15 is 0 Å². The molecule has 33 heavy (non-hydrogen) atoms. The average molecular weight is 485 g/mol. The van der Waals surface area contributed by atoms with Gasteiger partial charge in [-0.3, -0.25) is 9.59 Å². The van der Waals surface area contributed by atoms with E-state index in [4.69, 9.17) is 0 Å². The van der Waals surface area contributed by atoms with Gasteiger partial charge in [0.05, 0.1) is 11.4 Å². The van der Waals surface area contributed by atoms with Crippen molar-refractivity contribution in [2.45, 2.75) is 13.1 Å². The molecule has 7 nitrogen and oxygen atoms in total. The van der Waals surface area contributed by atoms with Gasteiger partial charge in [0.15, 0.2) is 24.8 Å². The number of rotatable bonds is 6. The fourth-order valence-electron chi connectivity index (χ4n) is 3.36. The molecule has 3 N–H and O–H groups in total. The van der Waals surface area contributed by atoms with Crippen molar-refractivity contribution < 1.29 is 48.6 Å². The molecule has 9 heteroatoms. The number of hydrogen-bond donors (Lipinski definition) is 3. The average Bonchev–Trinajstić information content (AvgIpc) is 2.77. The van der Waals surface area contributed by atoms with Crippen molar-refractivity contribution in [1.82, 2.24) is 0 Å². The Bertz CT molecular complexity index is 1240. The first-order valence-corrected chi connectivity index (χ1v) is 9.83. The number of aromatic nitrogens is 2. The van der Waals surface area contributed by atoms with Crippen molar-refractivity contribution >= 4 is 34.0 Å². The number of nitrogens with one attached hydrogen (secondary N) is 2. The zero-order valence-electron chi connectivity index (χ0n) is 17.5. The molecular weight excluding hydrogens is 463 g/mol. The van der Waals surface area contributed by atoms with E-state index in [-0.39, 0.29) is 61.2 Å². The number of amides is 2. The number of halogens is 2. The fraction of sp³-hybridized carbons (Fsp3) is 0.0833. The molecule has 0 saturated carbocycles. The lowest BCUT2D eigenvalue weighted by molar-refractivity contribution is -0.684. The molecule has 0 bridgehead atoms. The maximum Gasteiger partial charge on any atom is 0.290 e. The summed E-state index contributed by atoms with van der Waals surface area (Å²) in [5.74, 6) is -0.585. The Morgan fingerprint density at radius 3 is 1.73 bits per heavy atom.